The van der Waals surface area contributed by atoms with Crippen molar-refractivity contribution in [2.75, 3.05) is 11.9 Å². The van der Waals surface area contributed by atoms with Gasteiger partial charge in [0.15, 0.2) is 0 Å². The molecule has 0 aromatic heterocycles. The quantitative estimate of drug-likeness (QED) is 0.891. The van der Waals surface area contributed by atoms with Gasteiger partial charge in [-0.1, -0.05) is 18.2 Å². The van der Waals surface area contributed by atoms with Crippen LogP contribution in [0.5, 0.6) is 0 Å². The summed E-state index contributed by atoms with van der Waals surface area (Å²) in [6.07, 6.45) is 0.802. The summed E-state index contributed by atoms with van der Waals surface area (Å²) in [5, 5.41) is 5.59. The lowest BCUT2D eigenvalue weighted by atomic mass is 10.0. The van der Waals surface area contributed by atoms with Crippen molar-refractivity contribution >= 4 is 17.5 Å². The molecule has 2 N–H and O–H groups in total. The van der Waals surface area contributed by atoms with E-state index in [9.17, 15) is 9.59 Å². The molecule has 0 spiro atoms. The molecule has 120 valence electrons. The van der Waals surface area contributed by atoms with E-state index in [2.05, 4.69) is 42.7 Å². The van der Waals surface area contributed by atoms with Crippen LogP contribution in [-0.4, -0.2) is 18.4 Å². The van der Waals surface area contributed by atoms with Crippen molar-refractivity contribution in [2.45, 2.75) is 27.2 Å². The highest BCUT2D eigenvalue weighted by molar-refractivity contribution is 5.95. The summed E-state index contributed by atoms with van der Waals surface area (Å²) in [4.78, 5) is 23.1. The number of rotatable bonds is 5. The summed E-state index contributed by atoms with van der Waals surface area (Å²) in [5.41, 5.74) is 5.03. The van der Waals surface area contributed by atoms with Gasteiger partial charge in [-0.25, -0.2) is 0 Å². The van der Waals surface area contributed by atoms with Gasteiger partial charge >= 0.3 is 0 Å². The zero-order valence-corrected chi connectivity index (χ0v) is 13.8. The predicted octanol–water partition coefficient (Wildman–Crippen LogP) is 3.23. The van der Waals surface area contributed by atoms with E-state index in [1.54, 1.807) is 24.3 Å². The smallest absolute Gasteiger partial charge is 0.251 e. The summed E-state index contributed by atoms with van der Waals surface area (Å²) in [6, 6.07) is 13.2. The molecule has 0 radical (unpaired) electrons. The highest BCUT2D eigenvalue weighted by atomic mass is 16.2. The average molecular weight is 310 g/mol. The monoisotopic (exact) mass is 310 g/mol. The zero-order chi connectivity index (χ0) is 16.8. The van der Waals surface area contributed by atoms with Crippen LogP contribution in [0.15, 0.2) is 42.5 Å². The largest absolute Gasteiger partial charge is 0.352 e. The highest BCUT2D eigenvalue weighted by Crippen LogP contribution is 2.11. The maximum absolute atomic E-state index is 12.1. The molecule has 0 saturated carbocycles. The fraction of sp³-hybridized carbons (Fsp3) is 0.263. The number of hydrogen-bond donors (Lipinski definition) is 2. The maximum atomic E-state index is 12.1. The topological polar surface area (TPSA) is 58.2 Å². The summed E-state index contributed by atoms with van der Waals surface area (Å²) in [7, 11) is 0. The predicted molar refractivity (Wildman–Crippen MR) is 92.7 cm³/mol. The number of anilines is 1. The van der Waals surface area contributed by atoms with Crippen LogP contribution in [-0.2, 0) is 11.2 Å². The summed E-state index contributed by atoms with van der Waals surface area (Å²) < 4.78 is 0. The molecule has 0 saturated heterocycles. The molecule has 0 bridgehead atoms. The van der Waals surface area contributed by atoms with Crippen molar-refractivity contribution in [2.24, 2.45) is 0 Å². The third-order valence-corrected chi connectivity index (χ3v) is 3.74. The van der Waals surface area contributed by atoms with E-state index in [0.29, 0.717) is 17.8 Å². The first kappa shape index (κ1) is 16.7. The molecule has 0 heterocycles. The molecule has 2 aromatic carbocycles. The van der Waals surface area contributed by atoms with Gasteiger partial charge in [-0.3, -0.25) is 9.59 Å². The van der Waals surface area contributed by atoms with Crippen LogP contribution in [0.25, 0.3) is 0 Å². The lowest BCUT2D eigenvalue weighted by molar-refractivity contribution is -0.114. The van der Waals surface area contributed by atoms with Crippen LogP contribution in [0.1, 0.15) is 34.0 Å². The van der Waals surface area contributed by atoms with E-state index in [4.69, 9.17) is 0 Å². The first-order valence-corrected chi connectivity index (χ1v) is 7.67. The van der Waals surface area contributed by atoms with Crippen molar-refractivity contribution in [3.63, 3.8) is 0 Å². The first-order chi connectivity index (χ1) is 11.0. The van der Waals surface area contributed by atoms with Gasteiger partial charge in [0.05, 0.1) is 0 Å². The Bertz CT molecular complexity index is 706. The van der Waals surface area contributed by atoms with Crippen molar-refractivity contribution in [1.29, 1.82) is 0 Å². The Morgan fingerprint density at radius 3 is 2.26 bits per heavy atom. The fourth-order valence-corrected chi connectivity index (χ4v) is 2.29. The van der Waals surface area contributed by atoms with E-state index < -0.39 is 0 Å². The minimum Gasteiger partial charge on any atom is -0.352 e. The minimum atomic E-state index is -0.129. The van der Waals surface area contributed by atoms with E-state index >= 15 is 0 Å². The van der Waals surface area contributed by atoms with Crippen LogP contribution in [0.3, 0.4) is 0 Å². The molecule has 4 nitrogen and oxygen atoms in total. The third kappa shape index (κ3) is 4.95. The number of carbonyl (C=O) groups is 2. The molecule has 2 amide bonds. The zero-order valence-electron chi connectivity index (χ0n) is 13.8. The average Bonchev–Trinajstić information content (AvgIpc) is 2.51. The molecule has 2 rings (SSSR count). The molecule has 0 fully saturated rings. The summed E-state index contributed by atoms with van der Waals surface area (Å²) in [6.45, 7) is 6.22. The number of hydrogen-bond acceptors (Lipinski definition) is 2. The summed E-state index contributed by atoms with van der Waals surface area (Å²) >= 11 is 0. The number of carbonyl (C=O) groups excluding carboxylic acids is 2. The Labute approximate surface area is 136 Å². The van der Waals surface area contributed by atoms with Gasteiger partial charge in [0, 0.05) is 24.7 Å². The molecular formula is C19H22N2O2. The van der Waals surface area contributed by atoms with Gasteiger partial charge in [-0.2, -0.15) is 0 Å². The number of amides is 2. The first-order valence-electron chi connectivity index (χ1n) is 7.67. The van der Waals surface area contributed by atoms with Crippen LogP contribution in [0.2, 0.25) is 0 Å². The molecule has 0 atom stereocenters. The maximum Gasteiger partial charge on any atom is 0.251 e. The van der Waals surface area contributed by atoms with E-state index in [1.165, 1.54) is 23.6 Å². The molecule has 0 aliphatic rings. The molecule has 2 aromatic rings. The van der Waals surface area contributed by atoms with Gasteiger partial charge in [0.1, 0.15) is 0 Å². The van der Waals surface area contributed by atoms with Gasteiger partial charge < -0.3 is 10.6 Å². The minimum absolute atomic E-state index is 0.108. The van der Waals surface area contributed by atoms with Gasteiger partial charge in [-0.05, 0) is 61.2 Å². The van der Waals surface area contributed by atoms with E-state index in [1.807, 2.05) is 0 Å². The van der Waals surface area contributed by atoms with Crippen LogP contribution in [0, 0.1) is 13.8 Å². The second-order valence-corrected chi connectivity index (χ2v) is 5.68. The Balaban J connectivity index is 1.86. The Kier molecular flexibility index (Phi) is 5.52. The third-order valence-electron chi connectivity index (χ3n) is 3.74. The lowest BCUT2D eigenvalue weighted by Gasteiger charge is -2.08. The number of nitrogens with one attached hydrogen (secondary N) is 2. The highest BCUT2D eigenvalue weighted by Gasteiger charge is 2.05. The van der Waals surface area contributed by atoms with E-state index in [0.717, 1.165) is 6.42 Å². The normalized spacial score (nSPS) is 10.2. The van der Waals surface area contributed by atoms with Crippen molar-refractivity contribution < 1.29 is 9.59 Å². The second-order valence-electron chi connectivity index (χ2n) is 5.68. The molecule has 0 unspecified atom stereocenters. The Hall–Kier alpha value is -2.62. The van der Waals surface area contributed by atoms with Crippen LogP contribution < -0.4 is 10.6 Å². The molecule has 0 aliphatic heterocycles. The van der Waals surface area contributed by atoms with Gasteiger partial charge in [0.2, 0.25) is 5.91 Å². The molecule has 0 aliphatic carbocycles. The Morgan fingerprint density at radius 2 is 1.65 bits per heavy atom. The second kappa shape index (κ2) is 7.58. The standard InChI is InChI=1S/C19H22N2O2/c1-13-4-5-16(12-14(13)2)10-11-20-19(23)17-6-8-18(9-7-17)21-15(3)22/h4-9,12H,10-11H2,1-3H3,(H,20,23)(H,21,22). The molecule has 23 heavy (non-hydrogen) atoms. The molecular weight excluding hydrogens is 288 g/mol. The number of benzene rings is 2. The van der Waals surface area contributed by atoms with Crippen molar-refractivity contribution in [3.8, 4) is 0 Å². The van der Waals surface area contributed by atoms with Gasteiger partial charge in [-0.15, -0.1) is 0 Å². The van der Waals surface area contributed by atoms with Crippen molar-refractivity contribution in [1.82, 2.24) is 5.32 Å². The SMILES string of the molecule is CC(=O)Nc1ccc(C(=O)NCCc2ccc(C)c(C)c2)cc1. The van der Waals surface area contributed by atoms with Crippen LogP contribution in [0.4, 0.5) is 5.69 Å². The Morgan fingerprint density at radius 1 is 0.957 bits per heavy atom. The van der Waals surface area contributed by atoms with Crippen molar-refractivity contribution in [3.05, 3.63) is 64.7 Å². The summed E-state index contributed by atoms with van der Waals surface area (Å²) in [5.74, 6) is -0.237. The van der Waals surface area contributed by atoms with Crippen LogP contribution >= 0.6 is 0 Å². The van der Waals surface area contributed by atoms with Gasteiger partial charge in [0.25, 0.3) is 5.91 Å². The number of aryl methyl sites for hydroxylation is 2. The lowest BCUT2D eigenvalue weighted by Crippen LogP contribution is -2.25. The molecule has 4 heteroatoms. The fourth-order valence-electron chi connectivity index (χ4n) is 2.29. The van der Waals surface area contributed by atoms with E-state index in [-0.39, 0.29) is 11.8 Å².